The number of rotatable bonds is 10. The van der Waals surface area contributed by atoms with Gasteiger partial charge in [0, 0.05) is 12.2 Å². The van der Waals surface area contributed by atoms with Gasteiger partial charge in [0.15, 0.2) is 0 Å². The van der Waals surface area contributed by atoms with E-state index in [4.69, 9.17) is 0 Å². The third-order valence-electron chi connectivity index (χ3n) is 3.60. The fraction of sp³-hybridized carbons (Fsp3) is 0.529. The van der Waals surface area contributed by atoms with E-state index in [0.29, 0.717) is 0 Å². The molecule has 0 fully saturated rings. The van der Waals surface area contributed by atoms with Crippen molar-refractivity contribution in [3.05, 3.63) is 42.5 Å². The minimum absolute atomic E-state index is 0.770. The summed E-state index contributed by atoms with van der Waals surface area (Å²) in [5.74, 6) is 0. The Balaban J connectivity index is 1.69. The van der Waals surface area contributed by atoms with E-state index < -0.39 is 0 Å². The average Bonchev–Trinajstić information content (AvgIpc) is 3.00. The number of aromatic nitrogens is 3. The summed E-state index contributed by atoms with van der Waals surface area (Å²) in [5, 5.41) is 7.65. The molecule has 4 heteroatoms. The monoisotopic (exact) mass is 286 g/mol. The number of unbranched alkanes of at least 4 members (excludes halogenated alkanes) is 5. The normalized spacial score (nSPS) is 10.7. The van der Waals surface area contributed by atoms with Crippen molar-refractivity contribution in [2.75, 3.05) is 11.9 Å². The number of nitrogens with zero attached hydrogens (tertiary/aromatic N) is 3. The van der Waals surface area contributed by atoms with Gasteiger partial charge in [0.2, 0.25) is 0 Å². The summed E-state index contributed by atoms with van der Waals surface area (Å²) < 4.78 is 1.84. The molecule has 0 atom stereocenters. The number of hydrogen-bond donors (Lipinski definition) is 1. The SMILES string of the molecule is CCCCCCCCNc1cccc(Cn2cncn2)c1. The molecular formula is C17H26N4. The van der Waals surface area contributed by atoms with Crippen molar-refractivity contribution in [2.24, 2.45) is 0 Å². The van der Waals surface area contributed by atoms with Gasteiger partial charge in [0.05, 0.1) is 6.54 Å². The molecule has 114 valence electrons. The average molecular weight is 286 g/mol. The van der Waals surface area contributed by atoms with E-state index >= 15 is 0 Å². The highest BCUT2D eigenvalue weighted by Crippen LogP contribution is 2.12. The molecule has 0 saturated heterocycles. The quantitative estimate of drug-likeness (QED) is 0.669. The van der Waals surface area contributed by atoms with Gasteiger partial charge < -0.3 is 5.32 Å². The first-order valence-electron chi connectivity index (χ1n) is 8.03. The number of anilines is 1. The molecule has 1 aromatic heterocycles. The Labute approximate surface area is 127 Å². The van der Waals surface area contributed by atoms with E-state index in [1.165, 1.54) is 49.8 Å². The van der Waals surface area contributed by atoms with Crippen LogP contribution in [0.4, 0.5) is 5.69 Å². The van der Waals surface area contributed by atoms with Crippen LogP contribution in [0.3, 0.4) is 0 Å². The van der Waals surface area contributed by atoms with Crippen LogP contribution in [-0.4, -0.2) is 21.3 Å². The van der Waals surface area contributed by atoms with Crippen LogP contribution in [0.1, 0.15) is 51.0 Å². The third kappa shape index (κ3) is 5.98. The molecule has 0 bridgehead atoms. The summed E-state index contributed by atoms with van der Waals surface area (Å²) in [6, 6.07) is 8.54. The van der Waals surface area contributed by atoms with Gasteiger partial charge in [-0.25, -0.2) is 9.67 Å². The highest BCUT2D eigenvalue weighted by molar-refractivity contribution is 5.45. The summed E-state index contributed by atoms with van der Waals surface area (Å²) in [4.78, 5) is 3.97. The van der Waals surface area contributed by atoms with E-state index in [1.54, 1.807) is 12.7 Å². The summed E-state index contributed by atoms with van der Waals surface area (Å²) in [5.41, 5.74) is 2.44. The summed E-state index contributed by atoms with van der Waals surface area (Å²) >= 11 is 0. The lowest BCUT2D eigenvalue weighted by atomic mass is 10.1. The van der Waals surface area contributed by atoms with Crippen molar-refractivity contribution in [1.29, 1.82) is 0 Å². The van der Waals surface area contributed by atoms with Crippen molar-refractivity contribution in [3.63, 3.8) is 0 Å². The maximum absolute atomic E-state index is 4.14. The van der Waals surface area contributed by atoms with E-state index in [-0.39, 0.29) is 0 Å². The smallest absolute Gasteiger partial charge is 0.137 e. The summed E-state index contributed by atoms with van der Waals surface area (Å²) in [6.07, 6.45) is 11.3. The lowest BCUT2D eigenvalue weighted by Crippen LogP contribution is -2.03. The van der Waals surface area contributed by atoms with Crippen LogP contribution in [0, 0.1) is 0 Å². The molecular weight excluding hydrogens is 260 g/mol. The van der Waals surface area contributed by atoms with Crippen LogP contribution in [0.2, 0.25) is 0 Å². The predicted molar refractivity (Wildman–Crippen MR) is 87.4 cm³/mol. The molecule has 0 aliphatic rings. The van der Waals surface area contributed by atoms with E-state index in [2.05, 4.69) is 46.6 Å². The van der Waals surface area contributed by atoms with Crippen molar-refractivity contribution in [1.82, 2.24) is 14.8 Å². The van der Waals surface area contributed by atoms with Crippen LogP contribution in [0.5, 0.6) is 0 Å². The molecule has 0 amide bonds. The summed E-state index contributed by atoms with van der Waals surface area (Å²) in [6.45, 7) is 4.08. The van der Waals surface area contributed by atoms with Crippen LogP contribution in [-0.2, 0) is 6.54 Å². The van der Waals surface area contributed by atoms with Crippen LogP contribution < -0.4 is 5.32 Å². The van der Waals surface area contributed by atoms with E-state index in [9.17, 15) is 0 Å². The van der Waals surface area contributed by atoms with Gasteiger partial charge in [0.25, 0.3) is 0 Å². The zero-order valence-corrected chi connectivity index (χ0v) is 13.0. The molecule has 0 saturated carbocycles. The highest BCUT2D eigenvalue weighted by Gasteiger charge is 1.98. The lowest BCUT2D eigenvalue weighted by molar-refractivity contribution is 0.617. The first kappa shape index (κ1) is 15.5. The maximum atomic E-state index is 4.14. The number of hydrogen-bond acceptors (Lipinski definition) is 3. The van der Waals surface area contributed by atoms with Crippen molar-refractivity contribution >= 4 is 5.69 Å². The second-order valence-corrected chi connectivity index (χ2v) is 5.49. The second kappa shape index (κ2) is 9.16. The van der Waals surface area contributed by atoms with Gasteiger partial charge in [-0.05, 0) is 24.1 Å². The molecule has 1 N–H and O–H groups in total. The van der Waals surface area contributed by atoms with Crippen LogP contribution in [0.15, 0.2) is 36.9 Å². The third-order valence-corrected chi connectivity index (χ3v) is 3.60. The standard InChI is InChI=1S/C17H26N4/c1-2-3-4-5-6-7-11-19-17-10-8-9-16(12-17)13-21-15-18-14-20-21/h8-10,12,14-15,19H,2-7,11,13H2,1H3. The molecule has 2 aromatic rings. The Morgan fingerprint density at radius 1 is 1.10 bits per heavy atom. The fourth-order valence-corrected chi connectivity index (χ4v) is 2.42. The van der Waals surface area contributed by atoms with Crippen LogP contribution >= 0.6 is 0 Å². The minimum Gasteiger partial charge on any atom is -0.385 e. The Morgan fingerprint density at radius 2 is 1.95 bits per heavy atom. The first-order chi connectivity index (χ1) is 10.4. The van der Waals surface area contributed by atoms with E-state index in [1.807, 2.05) is 4.68 Å². The highest BCUT2D eigenvalue weighted by atomic mass is 15.3. The molecule has 4 nitrogen and oxygen atoms in total. The van der Waals surface area contributed by atoms with Crippen molar-refractivity contribution in [2.45, 2.75) is 52.0 Å². The molecule has 0 spiro atoms. The Kier molecular flexibility index (Phi) is 6.78. The molecule has 0 aliphatic carbocycles. The predicted octanol–water partition coefficient (Wildman–Crippen LogP) is 4.10. The van der Waals surface area contributed by atoms with Gasteiger partial charge in [-0.1, -0.05) is 51.2 Å². The van der Waals surface area contributed by atoms with Gasteiger partial charge in [-0.2, -0.15) is 5.10 Å². The second-order valence-electron chi connectivity index (χ2n) is 5.49. The Morgan fingerprint density at radius 3 is 2.76 bits per heavy atom. The van der Waals surface area contributed by atoms with Gasteiger partial charge >= 0.3 is 0 Å². The zero-order valence-electron chi connectivity index (χ0n) is 13.0. The molecule has 1 aromatic carbocycles. The molecule has 0 radical (unpaired) electrons. The van der Waals surface area contributed by atoms with Gasteiger partial charge in [-0.3, -0.25) is 0 Å². The Bertz CT molecular complexity index is 493. The molecule has 21 heavy (non-hydrogen) atoms. The molecule has 2 rings (SSSR count). The van der Waals surface area contributed by atoms with Gasteiger partial charge in [-0.15, -0.1) is 0 Å². The largest absolute Gasteiger partial charge is 0.385 e. The van der Waals surface area contributed by atoms with Crippen molar-refractivity contribution < 1.29 is 0 Å². The fourth-order valence-electron chi connectivity index (χ4n) is 2.42. The first-order valence-corrected chi connectivity index (χ1v) is 8.03. The minimum atomic E-state index is 0.770. The molecule has 0 aliphatic heterocycles. The lowest BCUT2D eigenvalue weighted by Gasteiger charge is -2.08. The van der Waals surface area contributed by atoms with Crippen molar-refractivity contribution in [3.8, 4) is 0 Å². The summed E-state index contributed by atoms with van der Waals surface area (Å²) in [7, 11) is 0. The molecule has 0 unspecified atom stereocenters. The maximum Gasteiger partial charge on any atom is 0.137 e. The zero-order chi connectivity index (χ0) is 14.8. The van der Waals surface area contributed by atoms with Gasteiger partial charge in [0.1, 0.15) is 12.7 Å². The van der Waals surface area contributed by atoms with E-state index in [0.717, 1.165) is 13.1 Å². The number of nitrogens with one attached hydrogen (secondary N) is 1. The number of benzene rings is 1. The Hall–Kier alpha value is -1.84. The molecule has 1 heterocycles. The van der Waals surface area contributed by atoms with Crippen LogP contribution in [0.25, 0.3) is 0 Å². The topological polar surface area (TPSA) is 42.7 Å².